The van der Waals surface area contributed by atoms with Gasteiger partial charge >= 0.3 is 5.97 Å². The first-order valence-corrected chi connectivity index (χ1v) is 13.4. The maximum atomic E-state index is 13.3. The SMILES string of the molecule is CC(C)C(NC(=O)C(CCC(N)=O)NC(=O)C(CCCCN)NC(=O)C(N)Cc1c[nH]c2ccccc12)C(=O)O. The number of amides is 4. The van der Waals surface area contributed by atoms with Crippen LogP contribution in [0.5, 0.6) is 0 Å². The molecule has 1 aromatic carbocycles. The largest absolute Gasteiger partial charge is 0.480 e. The second-order valence-electron chi connectivity index (χ2n) is 10.2. The van der Waals surface area contributed by atoms with Gasteiger partial charge in [-0.25, -0.2) is 4.79 Å². The van der Waals surface area contributed by atoms with E-state index in [1.54, 1.807) is 20.0 Å². The fourth-order valence-corrected chi connectivity index (χ4v) is 4.27. The number of fused-ring (bicyclic) bond motifs is 1. The number of hydrogen-bond acceptors (Lipinski definition) is 7. The quantitative estimate of drug-likeness (QED) is 0.119. The Kier molecular flexibility index (Phi) is 12.6. The molecule has 40 heavy (non-hydrogen) atoms. The molecule has 11 N–H and O–H groups in total. The molecule has 0 bridgehead atoms. The highest BCUT2D eigenvalue weighted by atomic mass is 16.4. The third-order valence-electron chi connectivity index (χ3n) is 6.57. The number of carbonyl (C=O) groups excluding carboxylic acids is 4. The summed E-state index contributed by atoms with van der Waals surface area (Å²) in [6, 6.07) is 3.14. The zero-order valence-electron chi connectivity index (χ0n) is 22.9. The molecule has 2 rings (SSSR count). The maximum absolute atomic E-state index is 13.3. The highest BCUT2D eigenvalue weighted by molar-refractivity contribution is 5.94. The molecule has 0 saturated heterocycles. The summed E-state index contributed by atoms with van der Waals surface area (Å²) >= 11 is 0. The van der Waals surface area contributed by atoms with Gasteiger partial charge in [-0.2, -0.15) is 0 Å². The lowest BCUT2D eigenvalue weighted by atomic mass is 10.0. The van der Waals surface area contributed by atoms with E-state index in [0.29, 0.717) is 19.4 Å². The number of hydrogen-bond donors (Lipinski definition) is 8. The first kappa shape index (κ1) is 32.2. The van der Waals surface area contributed by atoms with Gasteiger partial charge < -0.3 is 43.2 Å². The van der Waals surface area contributed by atoms with E-state index in [9.17, 15) is 29.1 Å². The van der Waals surface area contributed by atoms with Crippen LogP contribution in [0.3, 0.4) is 0 Å². The monoisotopic (exact) mass is 559 g/mol. The maximum Gasteiger partial charge on any atom is 0.326 e. The fourth-order valence-electron chi connectivity index (χ4n) is 4.27. The lowest BCUT2D eigenvalue weighted by Gasteiger charge is -2.26. The zero-order valence-corrected chi connectivity index (χ0v) is 22.9. The number of benzene rings is 1. The lowest BCUT2D eigenvalue weighted by Crippen LogP contribution is -2.57. The Morgan fingerprint density at radius 1 is 0.925 bits per heavy atom. The van der Waals surface area contributed by atoms with Gasteiger partial charge in [0.25, 0.3) is 0 Å². The molecule has 4 amide bonds. The number of unbranched alkanes of at least 4 members (excludes halogenated alkanes) is 1. The average Bonchev–Trinajstić information content (AvgIpc) is 3.30. The van der Waals surface area contributed by atoms with Crippen molar-refractivity contribution in [3.05, 3.63) is 36.0 Å². The number of primary amides is 1. The molecule has 0 radical (unpaired) electrons. The highest BCUT2D eigenvalue weighted by Crippen LogP contribution is 2.19. The molecule has 0 aliphatic rings. The van der Waals surface area contributed by atoms with Gasteiger partial charge in [0, 0.05) is 23.5 Å². The number of para-hydroxylation sites is 1. The number of aromatic nitrogens is 1. The molecule has 0 fully saturated rings. The number of rotatable bonds is 17. The van der Waals surface area contributed by atoms with Crippen LogP contribution in [0.25, 0.3) is 10.9 Å². The molecule has 0 aliphatic heterocycles. The van der Waals surface area contributed by atoms with E-state index >= 15 is 0 Å². The molecule has 0 spiro atoms. The van der Waals surface area contributed by atoms with Gasteiger partial charge in [-0.05, 0) is 56.2 Å². The lowest BCUT2D eigenvalue weighted by molar-refractivity contribution is -0.143. The Morgan fingerprint density at radius 3 is 2.17 bits per heavy atom. The molecule has 4 atom stereocenters. The van der Waals surface area contributed by atoms with Gasteiger partial charge in [0.15, 0.2) is 0 Å². The van der Waals surface area contributed by atoms with Crippen molar-refractivity contribution in [2.45, 2.75) is 76.5 Å². The Labute approximate surface area is 233 Å². The smallest absolute Gasteiger partial charge is 0.326 e. The molecule has 2 aromatic rings. The summed E-state index contributed by atoms with van der Waals surface area (Å²) in [4.78, 5) is 65.3. The van der Waals surface area contributed by atoms with Gasteiger partial charge in [-0.15, -0.1) is 0 Å². The summed E-state index contributed by atoms with van der Waals surface area (Å²) in [5.41, 5.74) is 18.8. The fraction of sp³-hybridized carbons (Fsp3) is 0.519. The van der Waals surface area contributed by atoms with Crippen LogP contribution >= 0.6 is 0 Å². The van der Waals surface area contributed by atoms with E-state index < -0.39 is 59.7 Å². The number of nitrogens with one attached hydrogen (secondary N) is 4. The Bertz CT molecular complexity index is 1180. The van der Waals surface area contributed by atoms with Crippen molar-refractivity contribution in [2.75, 3.05) is 6.54 Å². The van der Waals surface area contributed by atoms with E-state index in [1.165, 1.54) is 0 Å². The summed E-state index contributed by atoms with van der Waals surface area (Å²) in [5, 5.41) is 18.0. The number of carboxylic acid groups (broad SMARTS) is 1. The van der Waals surface area contributed by atoms with Crippen molar-refractivity contribution in [3.63, 3.8) is 0 Å². The topological polar surface area (TPSA) is 236 Å². The minimum atomic E-state index is -1.26. The van der Waals surface area contributed by atoms with Gasteiger partial charge in [0.1, 0.15) is 18.1 Å². The first-order chi connectivity index (χ1) is 18.9. The van der Waals surface area contributed by atoms with Crippen molar-refractivity contribution >= 4 is 40.5 Å². The molecule has 13 nitrogen and oxygen atoms in total. The molecule has 0 aliphatic carbocycles. The molecule has 0 saturated carbocycles. The third kappa shape index (κ3) is 9.65. The summed E-state index contributed by atoms with van der Waals surface area (Å²) in [6.07, 6.45) is 2.97. The van der Waals surface area contributed by atoms with E-state index in [4.69, 9.17) is 17.2 Å². The summed E-state index contributed by atoms with van der Waals surface area (Å²) in [6.45, 7) is 3.63. The van der Waals surface area contributed by atoms with Gasteiger partial charge in [-0.1, -0.05) is 32.0 Å². The molecule has 4 unspecified atom stereocenters. The predicted octanol–water partition coefficient (Wildman–Crippen LogP) is -0.373. The number of nitrogens with two attached hydrogens (primary N) is 3. The van der Waals surface area contributed by atoms with Crippen molar-refractivity contribution in [1.82, 2.24) is 20.9 Å². The van der Waals surface area contributed by atoms with Crippen LogP contribution < -0.4 is 33.2 Å². The van der Waals surface area contributed by atoms with Crippen LogP contribution in [0.2, 0.25) is 0 Å². The van der Waals surface area contributed by atoms with E-state index in [1.807, 2.05) is 24.3 Å². The van der Waals surface area contributed by atoms with Gasteiger partial charge in [-0.3, -0.25) is 19.2 Å². The van der Waals surface area contributed by atoms with E-state index in [-0.39, 0.29) is 25.7 Å². The summed E-state index contributed by atoms with van der Waals surface area (Å²) in [5.74, 6) is -4.37. The van der Waals surface area contributed by atoms with Crippen LogP contribution in [0.15, 0.2) is 30.5 Å². The second kappa shape index (κ2) is 15.6. The second-order valence-corrected chi connectivity index (χ2v) is 10.2. The number of aliphatic carboxylic acids is 1. The van der Waals surface area contributed by atoms with Crippen LogP contribution in [-0.2, 0) is 30.4 Å². The molecule has 13 heteroatoms. The van der Waals surface area contributed by atoms with Gasteiger partial charge in [0.05, 0.1) is 6.04 Å². The normalized spacial score (nSPS) is 14.2. The number of carboxylic acids is 1. The number of carbonyl (C=O) groups is 5. The number of aromatic amines is 1. The first-order valence-electron chi connectivity index (χ1n) is 13.4. The Morgan fingerprint density at radius 2 is 1.55 bits per heavy atom. The van der Waals surface area contributed by atoms with Crippen LogP contribution in [0.1, 0.15) is 51.5 Å². The third-order valence-corrected chi connectivity index (χ3v) is 6.57. The molecular formula is C27H41N7O6. The van der Waals surface area contributed by atoms with Crippen LogP contribution in [-0.4, -0.2) is 70.4 Å². The van der Waals surface area contributed by atoms with Crippen molar-refractivity contribution in [1.29, 1.82) is 0 Å². The molecule has 1 heterocycles. The summed E-state index contributed by atoms with van der Waals surface area (Å²) in [7, 11) is 0. The summed E-state index contributed by atoms with van der Waals surface area (Å²) < 4.78 is 0. The van der Waals surface area contributed by atoms with Crippen LogP contribution in [0, 0.1) is 5.92 Å². The van der Waals surface area contributed by atoms with Crippen molar-refractivity contribution < 1.29 is 29.1 Å². The minimum Gasteiger partial charge on any atom is -0.480 e. The Hall–Kier alpha value is -3.97. The van der Waals surface area contributed by atoms with E-state index in [0.717, 1.165) is 16.5 Å². The molecule has 1 aromatic heterocycles. The van der Waals surface area contributed by atoms with Crippen LogP contribution in [0.4, 0.5) is 0 Å². The minimum absolute atomic E-state index is 0.152. The van der Waals surface area contributed by atoms with E-state index in [2.05, 4.69) is 20.9 Å². The Balaban J connectivity index is 2.16. The van der Waals surface area contributed by atoms with Gasteiger partial charge in [0.2, 0.25) is 23.6 Å². The van der Waals surface area contributed by atoms with Crippen molar-refractivity contribution in [2.24, 2.45) is 23.1 Å². The standard InChI is InChI=1S/C27H41N7O6/c1-15(2)23(27(39)40)34-26(38)21(10-11-22(30)35)33-25(37)20(9-5-6-12-28)32-24(36)18(29)13-16-14-31-19-8-4-3-7-17(16)19/h3-4,7-8,14-15,18,20-21,23,31H,5-6,9-13,28-29H2,1-2H3,(H2,30,35)(H,32,36)(H,33,37)(H,34,38)(H,39,40). The zero-order chi connectivity index (χ0) is 29.8. The predicted molar refractivity (Wildman–Crippen MR) is 150 cm³/mol. The number of H-pyrrole nitrogens is 1. The molecule has 220 valence electrons. The van der Waals surface area contributed by atoms with Crippen molar-refractivity contribution in [3.8, 4) is 0 Å². The molecular weight excluding hydrogens is 518 g/mol. The highest BCUT2D eigenvalue weighted by Gasteiger charge is 2.31. The average molecular weight is 560 g/mol.